The smallest absolute Gasteiger partial charge is 0.306 e. The Balaban J connectivity index is 1.93. The molecule has 0 aliphatic heterocycles. The van der Waals surface area contributed by atoms with Crippen LogP contribution in [0.4, 0.5) is 0 Å². The fraction of sp³-hybridized carbons (Fsp3) is 0.588. The number of hydrogen-bond donors (Lipinski definition) is 0. The Morgan fingerprint density at radius 1 is 1.24 bits per heavy atom. The summed E-state index contributed by atoms with van der Waals surface area (Å²) in [6, 6.07) is 10.3. The number of benzene rings is 1. The van der Waals surface area contributed by atoms with Gasteiger partial charge in [-0.2, -0.15) is 0 Å². The molecule has 2 unspecified atom stereocenters. The molecule has 1 fully saturated rings. The lowest BCUT2D eigenvalue weighted by atomic mass is 9.91. The van der Waals surface area contributed by atoms with Crippen LogP contribution >= 0.6 is 0 Å². The van der Waals surface area contributed by atoms with Gasteiger partial charge in [-0.1, -0.05) is 24.6 Å². The predicted molar refractivity (Wildman–Crippen MR) is 82.4 cm³/mol. The molecule has 0 amide bonds. The number of hydrogen-bond acceptors (Lipinski definition) is 4. The third kappa shape index (κ3) is 4.74. The molecule has 0 saturated heterocycles. The zero-order valence-electron chi connectivity index (χ0n) is 13.0. The van der Waals surface area contributed by atoms with Crippen LogP contribution in [0, 0.1) is 0 Å². The molecule has 1 aliphatic carbocycles. The third-order valence-corrected chi connectivity index (χ3v) is 4.16. The maximum absolute atomic E-state index is 11.3. The van der Waals surface area contributed by atoms with E-state index in [1.54, 1.807) is 0 Å². The van der Waals surface area contributed by atoms with Crippen molar-refractivity contribution in [1.29, 1.82) is 0 Å². The minimum absolute atomic E-state index is 0.154. The summed E-state index contributed by atoms with van der Waals surface area (Å²) in [5.74, 6) is 0.772. The van der Waals surface area contributed by atoms with E-state index in [1.807, 2.05) is 30.3 Å². The van der Waals surface area contributed by atoms with Gasteiger partial charge in [-0.05, 0) is 38.4 Å². The third-order valence-electron chi connectivity index (χ3n) is 4.16. The van der Waals surface area contributed by atoms with E-state index >= 15 is 0 Å². The number of carbonyl (C=O) groups excluding carboxylic acids is 1. The summed E-state index contributed by atoms with van der Waals surface area (Å²) in [4.78, 5) is 13.5. The van der Waals surface area contributed by atoms with Crippen molar-refractivity contribution in [3.05, 3.63) is 30.3 Å². The second-order valence-corrected chi connectivity index (χ2v) is 5.63. The van der Waals surface area contributed by atoms with Crippen LogP contribution in [0.2, 0.25) is 0 Å². The van der Waals surface area contributed by atoms with E-state index in [2.05, 4.69) is 11.9 Å². The maximum atomic E-state index is 11.3. The lowest BCUT2D eigenvalue weighted by molar-refractivity contribution is -0.141. The Kier molecular flexibility index (Phi) is 6.05. The van der Waals surface area contributed by atoms with Crippen molar-refractivity contribution in [3.8, 4) is 5.75 Å². The zero-order valence-corrected chi connectivity index (χ0v) is 13.0. The number of likely N-dealkylation sites (N-methyl/N-ethyl adjacent to an activating group) is 1. The molecule has 0 heterocycles. The number of ether oxygens (including phenoxy) is 2. The van der Waals surface area contributed by atoms with E-state index in [9.17, 15) is 4.79 Å². The summed E-state index contributed by atoms with van der Waals surface area (Å²) in [6.07, 6.45) is 5.25. The first-order valence-corrected chi connectivity index (χ1v) is 7.69. The molecule has 2 atom stereocenters. The van der Waals surface area contributed by atoms with Crippen LogP contribution in [0.25, 0.3) is 0 Å². The molecule has 0 bridgehead atoms. The Labute approximate surface area is 127 Å². The highest BCUT2D eigenvalue weighted by molar-refractivity contribution is 5.69. The van der Waals surface area contributed by atoms with Gasteiger partial charge in [0.2, 0.25) is 0 Å². The average Bonchev–Trinajstić information content (AvgIpc) is 2.53. The van der Waals surface area contributed by atoms with E-state index in [1.165, 1.54) is 20.0 Å². The molecular weight excluding hydrogens is 266 g/mol. The molecule has 0 spiro atoms. The number of rotatable bonds is 6. The SMILES string of the molecule is COC(=O)CCN(C)C1CCCCC1Oc1ccccc1. The second kappa shape index (κ2) is 8.03. The monoisotopic (exact) mass is 291 g/mol. The van der Waals surface area contributed by atoms with Gasteiger partial charge in [-0.25, -0.2) is 0 Å². The molecular formula is C17H25NO3. The Morgan fingerprint density at radius 3 is 2.67 bits per heavy atom. The highest BCUT2D eigenvalue weighted by Crippen LogP contribution is 2.26. The van der Waals surface area contributed by atoms with Crippen molar-refractivity contribution >= 4 is 5.97 Å². The van der Waals surface area contributed by atoms with Crippen LogP contribution in [-0.4, -0.2) is 43.7 Å². The summed E-state index contributed by atoms with van der Waals surface area (Å²) in [7, 11) is 3.50. The standard InChI is InChI=1S/C17H25NO3/c1-18(13-12-17(19)20-2)15-10-6-7-11-16(15)21-14-8-4-3-5-9-14/h3-5,8-9,15-16H,6-7,10-13H2,1-2H3. The van der Waals surface area contributed by atoms with Crippen molar-refractivity contribution in [2.75, 3.05) is 20.7 Å². The zero-order chi connectivity index (χ0) is 15.1. The first-order valence-electron chi connectivity index (χ1n) is 7.69. The molecule has 1 saturated carbocycles. The molecule has 0 N–H and O–H groups in total. The van der Waals surface area contributed by atoms with Gasteiger partial charge in [0.1, 0.15) is 11.9 Å². The number of carbonyl (C=O) groups is 1. The van der Waals surface area contributed by atoms with E-state index in [0.717, 1.165) is 18.6 Å². The van der Waals surface area contributed by atoms with E-state index in [-0.39, 0.29) is 12.1 Å². The largest absolute Gasteiger partial charge is 0.489 e. The van der Waals surface area contributed by atoms with Crippen LogP contribution in [0.5, 0.6) is 5.75 Å². The van der Waals surface area contributed by atoms with Crippen molar-refractivity contribution in [1.82, 2.24) is 4.90 Å². The Hall–Kier alpha value is -1.55. The topological polar surface area (TPSA) is 38.8 Å². The normalized spacial score (nSPS) is 22.0. The predicted octanol–water partition coefficient (Wildman–Crippen LogP) is 2.87. The Morgan fingerprint density at radius 2 is 1.95 bits per heavy atom. The quantitative estimate of drug-likeness (QED) is 0.756. The molecule has 116 valence electrons. The van der Waals surface area contributed by atoms with Crippen LogP contribution in [0.15, 0.2) is 30.3 Å². The number of para-hydroxylation sites is 1. The molecule has 2 rings (SSSR count). The fourth-order valence-electron chi connectivity index (χ4n) is 2.93. The van der Waals surface area contributed by atoms with Crippen molar-refractivity contribution in [3.63, 3.8) is 0 Å². The molecule has 4 nitrogen and oxygen atoms in total. The van der Waals surface area contributed by atoms with Gasteiger partial charge in [0.15, 0.2) is 0 Å². The molecule has 1 aromatic carbocycles. The summed E-state index contributed by atoms with van der Waals surface area (Å²) < 4.78 is 10.9. The highest BCUT2D eigenvalue weighted by Gasteiger charge is 2.30. The van der Waals surface area contributed by atoms with Crippen LogP contribution in [0.3, 0.4) is 0 Å². The number of nitrogens with zero attached hydrogens (tertiary/aromatic N) is 1. The average molecular weight is 291 g/mol. The lowest BCUT2D eigenvalue weighted by Crippen LogP contribution is -2.46. The van der Waals surface area contributed by atoms with Gasteiger partial charge in [0, 0.05) is 12.6 Å². The minimum atomic E-state index is -0.154. The van der Waals surface area contributed by atoms with Crippen molar-refractivity contribution < 1.29 is 14.3 Å². The summed E-state index contributed by atoms with van der Waals surface area (Å²) >= 11 is 0. The second-order valence-electron chi connectivity index (χ2n) is 5.63. The molecule has 1 aromatic rings. The maximum Gasteiger partial charge on any atom is 0.306 e. The number of methoxy groups -OCH3 is 1. The van der Waals surface area contributed by atoms with Gasteiger partial charge in [0.25, 0.3) is 0 Å². The van der Waals surface area contributed by atoms with E-state index in [4.69, 9.17) is 9.47 Å². The van der Waals surface area contributed by atoms with Gasteiger partial charge in [-0.3, -0.25) is 9.69 Å². The van der Waals surface area contributed by atoms with Crippen LogP contribution < -0.4 is 4.74 Å². The Bertz CT molecular complexity index is 435. The molecule has 21 heavy (non-hydrogen) atoms. The van der Waals surface area contributed by atoms with Crippen LogP contribution in [-0.2, 0) is 9.53 Å². The van der Waals surface area contributed by atoms with Crippen molar-refractivity contribution in [2.45, 2.75) is 44.2 Å². The van der Waals surface area contributed by atoms with Gasteiger partial charge >= 0.3 is 5.97 Å². The molecule has 0 aromatic heterocycles. The van der Waals surface area contributed by atoms with E-state index < -0.39 is 0 Å². The first kappa shape index (κ1) is 15.8. The van der Waals surface area contributed by atoms with Crippen molar-refractivity contribution in [2.24, 2.45) is 0 Å². The fourth-order valence-corrected chi connectivity index (χ4v) is 2.93. The number of esters is 1. The molecule has 4 heteroatoms. The van der Waals surface area contributed by atoms with Gasteiger partial charge in [-0.15, -0.1) is 0 Å². The molecule has 0 radical (unpaired) electrons. The summed E-state index contributed by atoms with van der Waals surface area (Å²) in [5, 5.41) is 0. The van der Waals surface area contributed by atoms with E-state index in [0.29, 0.717) is 19.0 Å². The highest BCUT2D eigenvalue weighted by atomic mass is 16.5. The molecule has 1 aliphatic rings. The lowest BCUT2D eigenvalue weighted by Gasteiger charge is -2.37. The summed E-state index contributed by atoms with van der Waals surface area (Å²) in [5.41, 5.74) is 0. The van der Waals surface area contributed by atoms with Gasteiger partial charge in [0.05, 0.1) is 13.5 Å². The summed E-state index contributed by atoms with van der Waals surface area (Å²) in [6.45, 7) is 0.714. The minimum Gasteiger partial charge on any atom is -0.489 e. The van der Waals surface area contributed by atoms with Gasteiger partial charge < -0.3 is 9.47 Å². The first-order chi connectivity index (χ1) is 10.2. The van der Waals surface area contributed by atoms with Crippen LogP contribution in [0.1, 0.15) is 32.1 Å².